The SMILES string of the molecule is O=C(NCC1CS(=O)(=O)CCO1)c1cn2ccnc2s1. The lowest BCUT2D eigenvalue weighted by molar-refractivity contribution is 0.0663. The molecule has 0 radical (unpaired) electrons. The highest BCUT2D eigenvalue weighted by molar-refractivity contribution is 7.91. The van der Waals surface area contributed by atoms with E-state index in [0.29, 0.717) is 4.88 Å². The van der Waals surface area contributed by atoms with E-state index in [0.717, 1.165) is 4.96 Å². The number of nitrogens with zero attached hydrogens (tertiary/aromatic N) is 2. The zero-order valence-electron chi connectivity index (χ0n) is 10.5. The van der Waals surface area contributed by atoms with Crippen molar-refractivity contribution in [3.8, 4) is 0 Å². The Balaban J connectivity index is 1.60. The fourth-order valence-corrected chi connectivity index (χ4v) is 4.16. The quantitative estimate of drug-likeness (QED) is 0.857. The van der Waals surface area contributed by atoms with E-state index in [-0.39, 0.29) is 30.6 Å². The van der Waals surface area contributed by atoms with Crippen molar-refractivity contribution in [1.82, 2.24) is 14.7 Å². The summed E-state index contributed by atoms with van der Waals surface area (Å²) in [6.45, 7) is 0.383. The number of sulfone groups is 1. The lowest BCUT2D eigenvalue weighted by Gasteiger charge is -2.22. The minimum Gasteiger partial charge on any atom is -0.374 e. The molecule has 108 valence electrons. The number of hydrogen-bond donors (Lipinski definition) is 1. The summed E-state index contributed by atoms with van der Waals surface area (Å²) in [6, 6.07) is 0. The number of fused-ring (bicyclic) bond motifs is 1. The number of ether oxygens (including phenoxy) is 1. The van der Waals surface area contributed by atoms with Crippen molar-refractivity contribution in [2.45, 2.75) is 6.10 Å². The number of thiazole rings is 1. The predicted molar refractivity (Wildman–Crippen MR) is 73.8 cm³/mol. The average Bonchev–Trinajstić information content (AvgIpc) is 2.95. The number of carbonyl (C=O) groups is 1. The Morgan fingerprint density at radius 2 is 2.45 bits per heavy atom. The highest BCUT2D eigenvalue weighted by atomic mass is 32.2. The molecule has 2 aromatic rings. The Hall–Kier alpha value is -1.45. The van der Waals surface area contributed by atoms with Gasteiger partial charge < -0.3 is 10.1 Å². The molecular weight excluding hydrogens is 302 g/mol. The van der Waals surface area contributed by atoms with Gasteiger partial charge in [-0.1, -0.05) is 11.3 Å². The second kappa shape index (κ2) is 5.15. The van der Waals surface area contributed by atoms with E-state index in [1.807, 2.05) is 0 Å². The van der Waals surface area contributed by atoms with Crippen molar-refractivity contribution in [2.24, 2.45) is 0 Å². The smallest absolute Gasteiger partial charge is 0.263 e. The van der Waals surface area contributed by atoms with Crippen molar-refractivity contribution < 1.29 is 17.9 Å². The molecule has 0 aliphatic carbocycles. The lowest BCUT2D eigenvalue weighted by Crippen LogP contribution is -2.42. The van der Waals surface area contributed by atoms with Gasteiger partial charge in [0.15, 0.2) is 14.8 Å². The van der Waals surface area contributed by atoms with Gasteiger partial charge in [0.1, 0.15) is 4.88 Å². The molecule has 1 atom stereocenters. The maximum absolute atomic E-state index is 12.0. The molecule has 3 heterocycles. The molecule has 1 unspecified atom stereocenters. The van der Waals surface area contributed by atoms with Gasteiger partial charge in [-0.25, -0.2) is 13.4 Å². The summed E-state index contributed by atoms with van der Waals surface area (Å²) in [4.78, 5) is 17.3. The van der Waals surface area contributed by atoms with Crippen LogP contribution in [-0.2, 0) is 14.6 Å². The number of carbonyl (C=O) groups excluding carboxylic acids is 1. The fourth-order valence-electron chi connectivity index (χ4n) is 2.00. The molecule has 1 amide bonds. The van der Waals surface area contributed by atoms with Gasteiger partial charge in [-0.05, 0) is 0 Å². The van der Waals surface area contributed by atoms with E-state index < -0.39 is 15.9 Å². The van der Waals surface area contributed by atoms with Gasteiger partial charge in [0.2, 0.25) is 0 Å². The second-order valence-corrected chi connectivity index (χ2v) is 7.77. The van der Waals surface area contributed by atoms with E-state index >= 15 is 0 Å². The number of rotatable bonds is 3. The van der Waals surface area contributed by atoms with E-state index in [9.17, 15) is 13.2 Å². The van der Waals surface area contributed by atoms with Gasteiger partial charge in [0.25, 0.3) is 5.91 Å². The van der Waals surface area contributed by atoms with Crippen LogP contribution in [0.15, 0.2) is 18.6 Å². The summed E-state index contributed by atoms with van der Waals surface area (Å²) >= 11 is 1.28. The molecule has 1 aliphatic heterocycles. The van der Waals surface area contributed by atoms with E-state index in [1.54, 1.807) is 23.0 Å². The summed E-state index contributed by atoms with van der Waals surface area (Å²) < 4.78 is 30.0. The third-order valence-corrected chi connectivity index (χ3v) is 5.67. The normalized spacial score (nSPS) is 21.9. The minimum atomic E-state index is -3.04. The van der Waals surface area contributed by atoms with Crippen LogP contribution in [0.3, 0.4) is 0 Å². The van der Waals surface area contributed by atoms with E-state index in [2.05, 4.69) is 10.3 Å². The van der Waals surface area contributed by atoms with Gasteiger partial charge in [-0.3, -0.25) is 9.20 Å². The van der Waals surface area contributed by atoms with Gasteiger partial charge >= 0.3 is 0 Å². The van der Waals surface area contributed by atoms with Crippen LogP contribution in [-0.4, -0.2) is 54.5 Å². The summed E-state index contributed by atoms with van der Waals surface area (Å²) in [6.07, 6.45) is 4.65. The number of amides is 1. The molecule has 3 rings (SSSR count). The first-order chi connectivity index (χ1) is 9.53. The van der Waals surface area contributed by atoms with Crippen LogP contribution in [0.25, 0.3) is 4.96 Å². The lowest BCUT2D eigenvalue weighted by atomic mass is 10.4. The first-order valence-electron chi connectivity index (χ1n) is 6.06. The summed E-state index contributed by atoms with van der Waals surface area (Å²) in [5.74, 6) is -0.229. The maximum Gasteiger partial charge on any atom is 0.263 e. The molecule has 7 nitrogen and oxygen atoms in total. The molecule has 20 heavy (non-hydrogen) atoms. The second-order valence-electron chi connectivity index (χ2n) is 4.53. The third-order valence-electron chi connectivity index (χ3n) is 2.99. The number of nitrogens with one attached hydrogen (secondary N) is 1. The van der Waals surface area contributed by atoms with Crippen LogP contribution in [0.5, 0.6) is 0 Å². The number of hydrogen-bond acceptors (Lipinski definition) is 6. The predicted octanol–water partition coefficient (Wildman–Crippen LogP) is -0.0608. The Morgan fingerprint density at radius 1 is 1.60 bits per heavy atom. The van der Waals surface area contributed by atoms with Crippen LogP contribution in [0.1, 0.15) is 9.67 Å². The molecule has 9 heteroatoms. The van der Waals surface area contributed by atoms with Crippen LogP contribution in [0, 0.1) is 0 Å². The molecular formula is C11H13N3O4S2. The van der Waals surface area contributed by atoms with Crippen molar-refractivity contribution in [3.05, 3.63) is 23.5 Å². The van der Waals surface area contributed by atoms with Gasteiger partial charge in [0.05, 0.1) is 24.2 Å². The van der Waals surface area contributed by atoms with Crippen molar-refractivity contribution in [1.29, 1.82) is 0 Å². The topological polar surface area (TPSA) is 89.8 Å². The molecule has 1 N–H and O–H groups in total. The average molecular weight is 315 g/mol. The Morgan fingerprint density at radius 3 is 3.20 bits per heavy atom. The summed E-state index contributed by atoms with van der Waals surface area (Å²) in [7, 11) is -3.04. The van der Waals surface area contributed by atoms with Crippen molar-refractivity contribution in [2.75, 3.05) is 24.7 Å². The van der Waals surface area contributed by atoms with E-state index in [4.69, 9.17) is 4.74 Å². The Labute approximate surface area is 119 Å². The van der Waals surface area contributed by atoms with Crippen LogP contribution >= 0.6 is 11.3 Å². The largest absolute Gasteiger partial charge is 0.374 e. The van der Waals surface area contributed by atoms with Crippen LogP contribution in [0.4, 0.5) is 0 Å². The third kappa shape index (κ3) is 2.84. The van der Waals surface area contributed by atoms with Crippen molar-refractivity contribution >= 4 is 32.0 Å². The molecule has 0 saturated carbocycles. The van der Waals surface area contributed by atoms with E-state index in [1.165, 1.54) is 11.3 Å². The first-order valence-corrected chi connectivity index (χ1v) is 8.70. The van der Waals surface area contributed by atoms with Gasteiger partial charge in [-0.15, -0.1) is 0 Å². The highest BCUT2D eigenvalue weighted by Crippen LogP contribution is 2.16. The zero-order valence-corrected chi connectivity index (χ0v) is 12.1. The first kappa shape index (κ1) is 13.5. The molecule has 0 spiro atoms. The van der Waals surface area contributed by atoms with Gasteiger partial charge in [0, 0.05) is 25.1 Å². The Bertz CT molecular complexity index is 705. The minimum absolute atomic E-state index is 0.0406. The van der Waals surface area contributed by atoms with Crippen LogP contribution in [0.2, 0.25) is 0 Å². The summed E-state index contributed by atoms with van der Waals surface area (Å²) in [5.41, 5.74) is 0. The number of aromatic nitrogens is 2. The number of imidazole rings is 1. The standard InChI is InChI=1S/C11H13N3O4S2/c15-10(9-6-14-2-1-12-11(14)19-9)13-5-8-7-20(16,17)4-3-18-8/h1-2,6,8H,3-5,7H2,(H,13,15). The fraction of sp³-hybridized carbons (Fsp3) is 0.455. The molecule has 1 fully saturated rings. The zero-order chi connectivity index (χ0) is 14.2. The van der Waals surface area contributed by atoms with Crippen molar-refractivity contribution in [3.63, 3.8) is 0 Å². The molecule has 0 bridgehead atoms. The monoisotopic (exact) mass is 315 g/mol. The Kier molecular flexibility index (Phi) is 3.48. The molecule has 1 aliphatic rings. The summed E-state index contributed by atoms with van der Waals surface area (Å²) in [5, 5.41) is 2.70. The molecule has 2 aromatic heterocycles. The van der Waals surface area contributed by atoms with Crippen LogP contribution < -0.4 is 5.32 Å². The molecule has 0 aromatic carbocycles. The highest BCUT2D eigenvalue weighted by Gasteiger charge is 2.26. The molecule has 1 saturated heterocycles. The van der Waals surface area contributed by atoms with Gasteiger partial charge in [-0.2, -0.15) is 0 Å². The maximum atomic E-state index is 12.0.